The summed E-state index contributed by atoms with van der Waals surface area (Å²) in [5, 5.41) is 12.4. The normalized spacial score (nSPS) is 20.9. The molecular formula is C15H14O3. The summed E-state index contributed by atoms with van der Waals surface area (Å²) in [4.78, 5) is 11.5. The van der Waals surface area contributed by atoms with Crippen molar-refractivity contribution in [1.29, 1.82) is 0 Å². The van der Waals surface area contributed by atoms with Crippen molar-refractivity contribution in [2.75, 3.05) is 6.61 Å². The van der Waals surface area contributed by atoms with Gasteiger partial charge in [0.05, 0.1) is 18.6 Å². The standard InChI is InChI=1S/C15H14O3/c16-14(13-7-8-18-15(13)17)12-6-5-10-3-1-2-4-11(10)9-12/h1-6,9,13-14,16H,7-8H2. The van der Waals surface area contributed by atoms with Crippen molar-refractivity contribution in [3.63, 3.8) is 0 Å². The van der Waals surface area contributed by atoms with Crippen LogP contribution in [0.2, 0.25) is 0 Å². The molecule has 3 rings (SSSR count). The summed E-state index contributed by atoms with van der Waals surface area (Å²) in [6, 6.07) is 13.7. The summed E-state index contributed by atoms with van der Waals surface area (Å²) < 4.78 is 4.90. The Morgan fingerprint density at radius 2 is 1.94 bits per heavy atom. The lowest BCUT2D eigenvalue weighted by atomic mass is 9.93. The molecule has 0 radical (unpaired) electrons. The second-order valence-electron chi connectivity index (χ2n) is 4.61. The fraction of sp³-hybridized carbons (Fsp3) is 0.267. The minimum absolute atomic E-state index is 0.296. The maximum atomic E-state index is 11.5. The molecular weight excluding hydrogens is 228 g/mol. The lowest BCUT2D eigenvalue weighted by molar-refractivity contribution is -0.144. The number of esters is 1. The smallest absolute Gasteiger partial charge is 0.312 e. The Bertz CT molecular complexity index is 591. The van der Waals surface area contributed by atoms with Gasteiger partial charge in [-0.15, -0.1) is 0 Å². The van der Waals surface area contributed by atoms with E-state index in [0.717, 1.165) is 16.3 Å². The zero-order chi connectivity index (χ0) is 12.5. The topological polar surface area (TPSA) is 46.5 Å². The van der Waals surface area contributed by atoms with Gasteiger partial charge in [0.25, 0.3) is 0 Å². The van der Waals surface area contributed by atoms with Crippen LogP contribution in [0.5, 0.6) is 0 Å². The van der Waals surface area contributed by atoms with Gasteiger partial charge in [0.15, 0.2) is 0 Å². The second kappa shape index (κ2) is 4.42. The summed E-state index contributed by atoms with van der Waals surface area (Å²) in [5.41, 5.74) is 0.776. The Hall–Kier alpha value is -1.87. The molecule has 1 heterocycles. The highest BCUT2D eigenvalue weighted by molar-refractivity contribution is 5.83. The molecule has 92 valence electrons. The average molecular weight is 242 g/mol. The molecule has 2 unspecified atom stereocenters. The van der Waals surface area contributed by atoms with Gasteiger partial charge in [0.1, 0.15) is 0 Å². The number of benzene rings is 2. The predicted octanol–water partition coefficient (Wildman–Crippen LogP) is 2.44. The first-order valence-corrected chi connectivity index (χ1v) is 6.09. The van der Waals surface area contributed by atoms with Crippen molar-refractivity contribution >= 4 is 16.7 Å². The average Bonchev–Trinajstić information content (AvgIpc) is 2.83. The summed E-state index contributed by atoms with van der Waals surface area (Å²) in [6.45, 7) is 0.411. The van der Waals surface area contributed by atoms with E-state index in [1.807, 2.05) is 42.5 Å². The first-order chi connectivity index (χ1) is 8.75. The lowest BCUT2D eigenvalue weighted by Gasteiger charge is -2.15. The minimum Gasteiger partial charge on any atom is -0.465 e. The first kappa shape index (κ1) is 11.2. The van der Waals surface area contributed by atoms with Gasteiger partial charge in [0, 0.05) is 0 Å². The molecule has 1 aliphatic heterocycles. The summed E-state index contributed by atoms with van der Waals surface area (Å²) in [7, 11) is 0. The van der Waals surface area contributed by atoms with Gasteiger partial charge >= 0.3 is 5.97 Å². The van der Waals surface area contributed by atoms with Gasteiger partial charge < -0.3 is 9.84 Å². The largest absolute Gasteiger partial charge is 0.465 e. The van der Waals surface area contributed by atoms with Crippen LogP contribution >= 0.6 is 0 Å². The quantitative estimate of drug-likeness (QED) is 0.823. The van der Waals surface area contributed by atoms with Gasteiger partial charge in [-0.2, -0.15) is 0 Å². The summed E-state index contributed by atoms with van der Waals surface area (Å²) in [5.74, 6) is -0.721. The molecule has 3 heteroatoms. The first-order valence-electron chi connectivity index (χ1n) is 6.09. The van der Waals surface area contributed by atoms with E-state index in [4.69, 9.17) is 4.74 Å². The number of carbonyl (C=O) groups excluding carboxylic acids is 1. The number of hydrogen-bond acceptors (Lipinski definition) is 3. The fourth-order valence-electron chi connectivity index (χ4n) is 2.42. The van der Waals surface area contributed by atoms with Crippen molar-refractivity contribution in [3.05, 3.63) is 48.0 Å². The molecule has 2 atom stereocenters. The van der Waals surface area contributed by atoms with Gasteiger partial charge in [-0.1, -0.05) is 36.4 Å². The van der Waals surface area contributed by atoms with E-state index >= 15 is 0 Å². The molecule has 1 fully saturated rings. The summed E-state index contributed by atoms with van der Waals surface area (Å²) >= 11 is 0. The Kier molecular flexibility index (Phi) is 2.76. The minimum atomic E-state index is -0.774. The Morgan fingerprint density at radius 1 is 1.17 bits per heavy atom. The van der Waals surface area contributed by atoms with Crippen LogP contribution in [0.4, 0.5) is 0 Å². The number of fused-ring (bicyclic) bond motifs is 1. The molecule has 0 saturated carbocycles. The monoisotopic (exact) mass is 242 g/mol. The molecule has 1 saturated heterocycles. The van der Waals surface area contributed by atoms with Crippen LogP contribution in [-0.4, -0.2) is 17.7 Å². The number of carbonyl (C=O) groups is 1. The van der Waals surface area contributed by atoms with Crippen LogP contribution < -0.4 is 0 Å². The van der Waals surface area contributed by atoms with E-state index in [9.17, 15) is 9.90 Å². The Morgan fingerprint density at radius 3 is 2.67 bits per heavy atom. The third-order valence-electron chi connectivity index (χ3n) is 3.47. The zero-order valence-electron chi connectivity index (χ0n) is 9.87. The maximum absolute atomic E-state index is 11.5. The fourth-order valence-corrected chi connectivity index (χ4v) is 2.42. The van der Waals surface area contributed by atoms with E-state index in [2.05, 4.69) is 0 Å². The summed E-state index contributed by atoms with van der Waals surface area (Å²) in [6.07, 6.45) is -0.183. The predicted molar refractivity (Wildman–Crippen MR) is 68.0 cm³/mol. The number of hydrogen-bond donors (Lipinski definition) is 1. The van der Waals surface area contributed by atoms with Crippen molar-refractivity contribution in [2.24, 2.45) is 5.92 Å². The number of ether oxygens (including phenoxy) is 1. The van der Waals surface area contributed by atoms with E-state index in [0.29, 0.717) is 13.0 Å². The van der Waals surface area contributed by atoms with E-state index in [1.54, 1.807) is 0 Å². The molecule has 0 amide bonds. The van der Waals surface area contributed by atoms with Crippen LogP contribution in [0.1, 0.15) is 18.1 Å². The molecule has 0 aliphatic carbocycles. The van der Waals surface area contributed by atoms with Crippen LogP contribution in [0.25, 0.3) is 10.8 Å². The van der Waals surface area contributed by atoms with Crippen LogP contribution in [0, 0.1) is 5.92 Å². The van der Waals surface area contributed by atoms with E-state index < -0.39 is 12.0 Å². The van der Waals surface area contributed by atoms with E-state index in [1.165, 1.54) is 0 Å². The molecule has 0 spiro atoms. The van der Waals surface area contributed by atoms with Gasteiger partial charge in [0.2, 0.25) is 0 Å². The molecule has 0 bridgehead atoms. The molecule has 3 nitrogen and oxygen atoms in total. The van der Waals surface area contributed by atoms with Crippen LogP contribution in [0.15, 0.2) is 42.5 Å². The number of aliphatic hydroxyl groups is 1. The second-order valence-corrected chi connectivity index (χ2v) is 4.61. The molecule has 1 N–H and O–H groups in total. The van der Waals surface area contributed by atoms with Crippen molar-refractivity contribution < 1.29 is 14.6 Å². The number of aliphatic hydroxyl groups excluding tert-OH is 1. The van der Waals surface area contributed by atoms with E-state index in [-0.39, 0.29) is 5.97 Å². The SMILES string of the molecule is O=C1OCCC1C(O)c1ccc2ccccc2c1. The third kappa shape index (κ3) is 1.87. The Labute approximate surface area is 105 Å². The van der Waals surface area contributed by atoms with Crippen molar-refractivity contribution in [3.8, 4) is 0 Å². The highest BCUT2D eigenvalue weighted by Crippen LogP contribution is 2.31. The number of rotatable bonds is 2. The maximum Gasteiger partial charge on any atom is 0.312 e. The van der Waals surface area contributed by atoms with Crippen LogP contribution in [-0.2, 0) is 9.53 Å². The molecule has 2 aromatic carbocycles. The number of cyclic esters (lactones) is 1. The molecule has 0 aromatic heterocycles. The molecule has 2 aromatic rings. The highest BCUT2D eigenvalue weighted by atomic mass is 16.5. The Balaban J connectivity index is 1.96. The molecule has 18 heavy (non-hydrogen) atoms. The van der Waals surface area contributed by atoms with Crippen molar-refractivity contribution in [1.82, 2.24) is 0 Å². The van der Waals surface area contributed by atoms with Crippen molar-refractivity contribution in [2.45, 2.75) is 12.5 Å². The van der Waals surface area contributed by atoms with Crippen LogP contribution in [0.3, 0.4) is 0 Å². The third-order valence-corrected chi connectivity index (χ3v) is 3.47. The highest BCUT2D eigenvalue weighted by Gasteiger charge is 2.33. The van der Waals surface area contributed by atoms with Gasteiger partial charge in [-0.25, -0.2) is 0 Å². The lowest BCUT2D eigenvalue weighted by Crippen LogP contribution is -2.17. The van der Waals surface area contributed by atoms with Gasteiger partial charge in [-0.05, 0) is 28.8 Å². The molecule has 1 aliphatic rings. The van der Waals surface area contributed by atoms with Gasteiger partial charge in [-0.3, -0.25) is 4.79 Å². The zero-order valence-corrected chi connectivity index (χ0v) is 9.87.